The van der Waals surface area contributed by atoms with Crippen molar-refractivity contribution in [2.45, 2.75) is 57.2 Å². The normalized spacial score (nSPS) is 12.3. The first kappa shape index (κ1) is 18.1. The topological polar surface area (TPSA) is 74.7 Å². The van der Waals surface area contributed by atoms with Crippen LogP contribution in [0.15, 0.2) is 10.3 Å². The molecule has 0 amide bonds. The fourth-order valence-electron chi connectivity index (χ4n) is 2.08. The van der Waals surface area contributed by atoms with Gasteiger partial charge in [0.2, 0.25) is 0 Å². The van der Waals surface area contributed by atoms with Gasteiger partial charge in [0.1, 0.15) is 9.09 Å². The van der Waals surface area contributed by atoms with Crippen LogP contribution in [0.4, 0.5) is 0 Å². The quantitative estimate of drug-likeness (QED) is 0.740. The van der Waals surface area contributed by atoms with E-state index in [-0.39, 0.29) is 15.1 Å². The molecular formula is C14H23NO4S2. The van der Waals surface area contributed by atoms with E-state index in [1.54, 1.807) is 6.92 Å². The fourth-order valence-corrected chi connectivity index (χ4v) is 5.27. The van der Waals surface area contributed by atoms with E-state index >= 15 is 0 Å². The summed E-state index contributed by atoms with van der Waals surface area (Å²) >= 11 is 0.830. The maximum absolute atomic E-state index is 12.7. The molecule has 0 atom stereocenters. The SMILES string of the molecule is CCCCCN(C(C)C)S(=O)(=O)c1cc(C)c(C(=O)O)s1. The van der Waals surface area contributed by atoms with E-state index in [2.05, 4.69) is 6.92 Å². The van der Waals surface area contributed by atoms with Crippen LogP contribution < -0.4 is 0 Å². The van der Waals surface area contributed by atoms with Gasteiger partial charge in [0.15, 0.2) is 0 Å². The Kier molecular flexibility index (Phi) is 6.37. The molecule has 21 heavy (non-hydrogen) atoms. The monoisotopic (exact) mass is 333 g/mol. The standard InChI is InChI=1S/C14H23NO4S2/c1-5-6-7-8-15(10(2)3)21(18,19)12-9-11(4)13(20-12)14(16)17/h9-10H,5-8H2,1-4H3,(H,16,17). The molecule has 1 rings (SSSR count). The smallest absolute Gasteiger partial charge is 0.346 e. The molecule has 120 valence electrons. The fraction of sp³-hybridized carbons (Fsp3) is 0.643. The number of carboxylic acid groups (broad SMARTS) is 1. The molecule has 1 N–H and O–H groups in total. The van der Waals surface area contributed by atoms with Crippen molar-refractivity contribution in [2.75, 3.05) is 6.54 Å². The Bertz CT molecular complexity index is 590. The maximum Gasteiger partial charge on any atom is 0.346 e. The molecule has 0 saturated carbocycles. The third kappa shape index (κ3) is 4.28. The predicted molar refractivity (Wildman–Crippen MR) is 84.6 cm³/mol. The van der Waals surface area contributed by atoms with Crippen LogP contribution in [-0.4, -0.2) is 36.4 Å². The molecule has 0 aliphatic heterocycles. The number of hydrogen-bond donors (Lipinski definition) is 1. The Balaban J connectivity index is 3.11. The van der Waals surface area contributed by atoms with Crippen LogP contribution >= 0.6 is 11.3 Å². The number of aromatic carboxylic acids is 1. The largest absolute Gasteiger partial charge is 0.477 e. The lowest BCUT2D eigenvalue weighted by Gasteiger charge is -2.25. The van der Waals surface area contributed by atoms with Crippen molar-refractivity contribution in [2.24, 2.45) is 0 Å². The Morgan fingerprint density at radius 2 is 2.00 bits per heavy atom. The summed E-state index contributed by atoms with van der Waals surface area (Å²) in [6.45, 7) is 7.82. The third-order valence-corrected chi connectivity index (χ3v) is 6.96. The number of unbranched alkanes of at least 4 members (excludes halogenated alkanes) is 2. The molecule has 0 fully saturated rings. The van der Waals surface area contributed by atoms with Gasteiger partial charge in [-0.1, -0.05) is 19.8 Å². The first-order valence-corrected chi connectivity index (χ1v) is 9.33. The van der Waals surface area contributed by atoms with E-state index in [4.69, 9.17) is 5.11 Å². The summed E-state index contributed by atoms with van der Waals surface area (Å²) in [5.41, 5.74) is 0.489. The molecule has 0 aliphatic carbocycles. The van der Waals surface area contributed by atoms with Gasteiger partial charge < -0.3 is 5.11 Å². The zero-order chi connectivity index (χ0) is 16.2. The van der Waals surface area contributed by atoms with Crippen LogP contribution in [0.1, 0.15) is 55.3 Å². The predicted octanol–water partition coefficient (Wildman–Crippen LogP) is 3.34. The molecular weight excluding hydrogens is 310 g/mol. The van der Waals surface area contributed by atoms with E-state index in [1.165, 1.54) is 10.4 Å². The van der Waals surface area contributed by atoms with Crippen LogP contribution in [0, 0.1) is 6.92 Å². The second-order valence-corrected chi connectivity index (χ2v) is 8.47. The molecule has 0 aromatic carbocycles. The Morgan fingerprint density at radius 3 is 2.43 bits per heavy atom. The summed E-state index contributed by atoms with van der Waals surface area (Å²) in [6.07, 6.45) is 2.81. The molecule has 0 unspecified atom stereocenters. The molecule has 0 radical (unpaired) electrons. The van der Waals surface area contributed by atoms with Crippen molar-refractivity contribution in [1.82, 2.24) is 4.31 Å². The van der Waals surface area contributed by atoms with Gasteiger partial charge in [-0.25, -0.2) is 13.2 Å². The number of aryl methyl sites for hydroxylation is 1. The van der Waals surface area contributed by atoms with Gasteiger partial charge in [0, 0.05) is 12.6 Å². The van der Waals surface area contributed by atoms with E-state index in [1.807, 2.05) is 13.8 Å². The minimum atomic E-state index is -3.63. The first-order valence-electron chi connectivity index (χ1n) is 7.07. The zero-order valence-corrected chi connectivity index (χ0v) is 14.6. The highest BCUT2D eigenvalue weighted by molar-refractivity contribution is 7.91. The molecule has 0 saturated heterocycles. The second-order valence-electron chi connectivity index (χ2n) is 5.30. The number of rotatable bonds is 8. The number of carbonyl (C=O) groups is 1. The van der Waals surface area contributed by atoms with E-state index in [0.29, 0.717) is 12.1 Å². The Hall–Kier alpha value is -0.920. The van der Waals surface area contributed by atoms with Gasteiger partial charge in [-0.2, -0.15) is 4.31 Å². The minimum Gasteiger partial charge on any atom is -0.477 e. The maximum atomic E-state index is 12.7. The highest BCUT2D eigenvalue weighted by Crippen LogP contribution is 2.29. The lowest BCUT2D eigenvalue weighted by molar-refractivity contribution is 0.0701. The number of sulfonamides is 1. The summed E-state index contributed by atoms with van der Waals surface area (Å²) in [5.74, 6) is -1.08. The second kappa shape index (κ2) is 7.38. The lowest BCUT2D eigenvalue weighted by atomic mass is 10.2. The van der Waals surface area contributed by atoms with Gasteiger partial charge in [-0.05, 0) is 38.8 Å². The average molecular weight is 333 g/mol. The molecule has 0 aliphatic rings. The summed E-state index contributed by atoms with van der Waals surface area (Å²) in [5, 5.41) is 9.07. The average Bonchev–Trinajstić information content (AvgIpc) is 2.77. The van der Waals surface area contributed by atoms with Crippen LogP contribution in [0.5, 0.6) is 0 Å². The molecule has 7 heteroatoms. The van der Waals surface area contributed by atoms with Crippen molar-refractivity contribution in [1.29, 1.82) is 0 Å². The van der Waals surface area contributed by atoms with Crippen LogP contribution in [0.2, 0.25) is 0 Å². The summed E-state index contributed by atoms with van der Waals surface area (Å²) < 4.78 is 27.0. The van der Waals surface area contributed by atoms with Crippen LogP contribution in [-0.2, 0) is 10.0 Å². The van der Waals surface area contributed by atoms with E-state index in [0.717, 1.165) is 30.6 Å². The molecule has 0 spiro atoms. The van der Waals surface area contributed by atoms with Crippen molar-refractivity contribution < 1.29 is 18.3 Å². The molecule has 0 bridgehead atoms. The molecule has 5 nitrogen and oxygen atoms in total. The van der Waals surface area contributed by atoms with Gasteiger partial charge in [-0.3, -0.25) is 0 Å². The van der Waals surface area contributed by atoms with E-state index < -0.39 is 16.0 Å². The number of hydrogen-bond acceptors (Lipinski definition) is 4. The summed E-state index contributed by atoms with van der Waals surface area (Å²) in [6, 6.07) is 1.31. The number of nitrogens with zero attached hydrogens (tertiary/aromatic N) is 1. The molecule has 1 heterocycles. The zero-order valence-electron chi connectivity index (χ0n) is 12.9. The Labute approximate surface area is 130 Å². The highest BCUT2D eigenvalue weighted by Gasteiger charge is 2.29. The third-order valence-electron chi connectivity index (χ3n) is 3.21. The van der Waals surface area contributed by atoms with Gasteiger partial charge in [0.25, 0.3) is 10.0 Å². The Morgan fingerprint density at radius 1 is 1.38 bits per heavy atom. The summed E-state index contributed by atoms with van der Waals surface area (Å²) in [7, 11) is -3.63. The van der Waals surface area contributed by atoms with Crippen LogP contribution in [0.25, 0.3) is 0 Å². The van der Waals surface area contributed by atoms with Crippen molar-refractivity contribution in [3.05, 3.63) is 16.5 Å². The van der Waals surface area contributed by atoms with Crippen molar-refractivity contribution in [3.8, 4) is 0 Å². The lowest BCUT2D eigenvalue weighted by Crippen LogP contribution is -2.37. The van der Waals surface area contributed by atoms with Gasteiger partial charge in [0.05, 0.1) is 0 Å². The summed E-state index contributed by atoms with van der Waals surface area (Å²) in [4.78, 5) is 11.2. The van der Waals surface area contributed by atoms with Gasteiger partial charge in [-0.15, -0.1) is 11.3 Å². The highest BCUT2D eigenvalue weighted by atomic mass is 32.2. The number of thiophene rings is 1. The van der Waals surface area contributed by atoms with E-state index in [9.17, 15) is 13.2 Å². The van der Waals surface area contributed by atoms with Crippen molar-refractivity contribution >= 4 is 27.3 Å². The van der Waals surface area contributed by atoms with Crippen LogP contribution in [0.3, 0.4) is 0 Å². The molecule has 1 aromatic rings. The van der Waals surface area contributed by atoms with Crippen molar-refractivity contribution in [3.63, 3.8) is 0 Å². The number of carboxylic acids is 1. The first-order chi connectivity index (χ1) is 9.71. The van der Waals surface area contributed by atoms with Gasteiger partial charge >= 0.3 is 5.97 Å². The molecule has 1 aromatic heterocycles. The minimum absolute atomic E-state index is 0.0887.